The first-order chi connectivity index (χ1) is 11.2. The van der Waals surface area contributed by atoms with Crippen molar-refractivity contribution in [3.8, 4) is 0 Å². The zero-order chi connectivity index (χ0) is 17.9. The Morgan fingerprint density at radius 3 is 2.46 bits per heavy atom. The molecule has 1 aliphatic carbocycles. The third-order valence-corrected chi connectivity index (χ3v) is 4.57. The lowest BCUT2D eigenvalue weighted by molar-refractivity contribution is -0.131. The van der Waals surface area contributed by atoms with E-state index in [0.717, 1.165) is 30.4 Å². The molecule has 1 aromatic rings. The molecule has 0 heterocycles. The third kappa shape index (κ3) is 4.05. The second-order valence-corrected chi connectivity index (χ2v) is 7.52. The van der Waals surface area contributed by atoms with Crippen molar-refractivity contribution in [3.05, 3.63) is 47.0 Å². The van der Waals surface area contributed by atoms with Gasteiger partial charge >= 0.3 is 0 Å². The summed E-state index contributed by atoms with van der Waals surface area (Å²) in [4.78, 5) is 25.7. The number of hydrogen-bond donors (Lipinski definition) is 1. The lowest BCUT2D eigenvalue weighted by Gasteiger charge is -2.37. The molecule has 1 unspecified atom stereocenters. The van der Waals surface area contributed by atoms with E-state index in [1.54, 1.807) is 0 Å². The molecule has 0 fully saturated rings. The second kappa shape index (κ2) is 7.20. The van der Waals surface area contributed by atoms with E-state index in [0.29, 0.717) is 5.56 Å². The Hall–Kier alpha value is -2.10. The molecular formula is C20H28N2O2. The van der Waals surface area contributed by atoms with Crippen molar-refractivity contribution in [1.29, 1.82) is 0 Å². The molecule has 0 saturated heterocycles. The first kappa shape index (κ1) is 18.2. The molecule has 24 heavy (non-hydrogen) atoms. The van der Waals surface area contributed by atoms with E-state index in [9.17, 15) is 9.59 Å². The van der Waals surface area contributed by atoms with Gasteiger partial charge in [0.1, 0.15) is 0 Å². The summed E-state index contributed by atoms with van der Waals surface area (Å²) < 4.78 is 0. The molecule has 0 aliphatic heterocycles. The van der Waals surface area contributed by atoms with E-state index in [1.807, 2.05) is 58.9 Å². The maximum atomic E-state index is 13.1. The summed E-state index contributed by atoms with van der Waals surface area (Å²) in [5, 5.41) is 1.48. The normalized spacial score (nSPS) is 17.5. The fourth-order valence-corrected chi connectivity index (χ4v) is 2.86. The van der Waals surface area contributed by atoms with Crippen LogP contribution in [0.1, 0.15) is 61.5 Å². The van der Waals surface area contributed by atoms with Gasteiger partial charge in [-0.1, -0.05) is 24.3 Å². The van der Waals surface area contributed by atoms with Crippen molar-refractivity contribution in [3.63, 3.8) is 0 Å². The van der Waals surface area contributed by atoms with Gasteiger partial charge in [-0.05, 0) is 71.1 Å². The van der Waals surface area contributed by atoms with Gasteiger partial charge in [-0.15, -0.1) is 0 Å². The summed E-state index contributed by atoms with van der Waals surface area (Å²) in [6.07, 6.45) is 6.63. The van der Waals surface area contributed by atoms with Gasteiger partial charge in [0.2, 0.25) is 5.91 Å². The molecule has 1 aliphatic rings. The zero-order valence-corrected chi connectivity index (χ0v) is 15.3. The Labute approximate surface area is 144 Å². The first-order valence-electron chi connectivity index (χ1n) is 8.58. The molecule has 0 saturated carbocycles. The SMILES string of the molecule is Cc1cccc(C(=O)N(NC(=O)C2CC=CCC2)C(C)(C)C)c1C. The Balaban J connectivity index is 2.25. The van der Waals surface area contributed by atoms with Crippen LogP contribution in [-0.2, 0) is 4.79 Å². The van der Waals surface area contributed by atoms with Crippen molar-refractivity contribution >= 4 is 11.8 Å². The van der Waals surface area contributed by atoms with Gasteiger partial charge in [0, 0.05) is 11.5 Å². The van der Waals surface area contributed by atoms with Gasteiger partial charge in [-0.3, -0.25) is 15.0 Å². The van der Waals surface area contributed by atoms with Gasteiger partial charge in [0.15, 0.2) is 0 Å². The monoisotopic (exact) mass is 328 g/mol. The summed E-state index contributed by atoms with van der Waals surface area (Å²) in [5.41, 5.74) is 5.03. The maximum Gasteiger partial charge on any atom is 0.273 e. The van der Waals surface area contributed by atoms with Crippen molar-refractivity contribution in [2.24, 2.45) is 5.92 Å². The Kier molecular flexibility index (Phi) is 5.47. The van der Waals surface area contributed by atoms with Crippen LogP contribution in [0, 0.1) is 19.8 Å². The number of hydrazine groups is 1. The fourth-order valence-electron chi connectivity index (χ4n) is 2.86. The Morgan fingerprint density at radius 1 is 1.17 bits per heavy atom. The van der Waals surface area contributed by atoms with Gasteiger partial charge in [-0.25, -0.2) is 5.01 Å². The van der Waals surface area contributed by atoms with Crippen molar-refractivity contribution in [1.82, 2.24) is 10.4 Å². The number of hydrogen-bond acceptors (Lipinski definition) is 2. The lowest BCUT2D eigenvalue weighted by atomic mass is 9.94. The van der Waals surface area contributed by atoms with E-state index < -0.39 is 5.54 Å². The largest absolute Gasteiger partial charge is 0.273 e. The third-order valence-electron chi connectivity index (χ3n) is 4.57. The number of benzene rings is 1. The van der Waals surface area contributed by atoms with E-state index in [4.69, 9.17) is 0 Å². The number of rotatable bonds is 2. The van der Waals surface area contributed by atoms with Gasteiger partial charge in [0.25, 0.3) is 5.91 Å². The van der Waals surface area contributed by atoms with Crippen LogP contribution in [0.3, 0.4) is 0 Å². The molecule has 130 valence electrons. The van der Waals surface area contributed by atoms with Crippen LogP contribution in [0.15, 0.2) is 30.4 Å². The summed E-state index contributed by atoms with van der Waals surface area (Å²) >= 11 is 0. The smallest absolute Gasteiger partial charge is 0.273 e. The van der Waals surface area contributed by atoms with Crippen LogP contribution in [0.2, 0.25) is 0 Å². The van der Waals surface area contributed by atoms with E-state index in [2.05, 4.69) is 11.5 Å². The minimum absolute atomic E-state index is 0.0637. The molecule has 2 amide bonds. The molecular weight excluding hydrogens is 300 g/mol. The lowest BCUT2D eigenvalue weighted by Crippen LogP contribution is -2.57. The van der Waals surface area contributed by atoms with Crippen LogP contribution >= 0.6 is 0 Å². The predicted molar refractivity (Wildman–Crippen MR) is 96.5 cm³/mol. The van der Waals surface area contributed by atoms with Crippen LogP contribution in [0.5, 0.6) is 0 Å². The molecule has 0 spiro atoms. The molecule has 1 aromatic carbocycles. The summed E-state index contributed by atoms with van der Waals surface area (Å²) in [6.45, 7) is 9.71. The molecule has 0 bridgehead atoms. The van der Waals surface area contributed by atoms with Crippen molar-refractivity contribution in [2.75, 3.05) is 0 Å². The zero-order valence-electron chi connectivity index (χ0n) is 15.3. The fraction of sp³-hybridized carbons (Fsp3) is 0.500. The summed E-state index contributed by atoms with van der Waals surface area (Å²) in [7, 11) is 0. The van der Waals surface area contributed by atoms with E-state index in [1.165, 1.54) is 5.01 Å². The highest BCUT2D eigenvalue weighted by molar-refractivity contribution is 5.97. The minimum Gasteiger partial charge on any atom is -0.273 e. The minimum atomic E-state index is -0.507. The topological polar surface area (TPSA) is 49.4 Å². The highest BCUT2D eigenvalue weighted by Gasteiger charge is 2.32. The number of carbonyl (C=O) groups is 2. The Bertz CT molecular complexity index is 656. The molecule has 1 N–H and O–H groups in total. The number of aryl methyl sites for hydroxylation is 1. The molecule has 1 atom stereocenters. The quantitative estimate of drug-likeness (QED) is 0.660. The highest BCUT2D eigenvalue weighted by Crippen LogP contribution is 2.22. The van der Waals surface area contributed by atoms with Gasteiger partial charge in [0.05, 0.1) is 5.54 Å². The Morgan fingerprint density at radius 2 is 1.88 bits per heavy atom. The van der Waals surface area contributed by atoms with Crippen LogP contribution < -0.4 is 5.43 Å². The van der Waals surface area contributed by atoms with Gasteiger partial charge in [-0.2, -0.15) is 0 Å². The summed E-state index contributed by atoms with van der Waals surface area (Å²) in [5.74, 6) is -0.303. The number of nitrogens with zero attached hydrogens (tertiary/aromatic N) is 1. The highest BCUT2D eigenvalue weighted by atomic mass is 16.2. The molecule has 0 radical (unpaired) electrons. The molecule has 2 rings (SSSR count). The van der Waals surface area contributed by atoms with Crippen LogP contribution in [0.25, 0.3) is 0 Å². The average Bonchev–Trinajstić information content (AvgIpc) is 2.54. The summed E-state index contributed by atoms with van der Waals surface area (Å²) in [6, 6.07) is 5.68. The van der Waals surface area contributed by atoms with E-state index in [-0.39, 0.29) is 17.7 Å². The molecule has 4 nitrogen and oxygen atoms in total. The number of carbonyl (C=O) groups excluding carboxylic acids is 2. The second-order valence-electron chi connectivity index (χ2n) is 7.52. The van der Waals surface area contributed by atoms with Crippen molar-refractivity contribution < 1.29 is 9.59 Å². The van der Waals surface area contributed by atoms with E-state index >= 15 is 0 Å². The van der Waals surface area contributed by atoms with Crippen LogP contribution in [-0.4, -0.2) is 22.4 Å². The average molecular weight is 328 g/mol. The van der Waals surface area contributed by atoms with Crippen molar-refractivity contribution in [2.45, 2.75) is 59.4 Å². The van der Waals surface area contributed by atoms with Crippen LogP contribution in [0.4, 0.5) is 0 Å². The number of allylic oxidation sites excluding steroid dienone is 2. The maximum absolute atomic E-state index is 13.1. The predicted octanol–water partition coefficient (Wildman–Crippen LogP) is 3.93. The molecule has 4 heteroatoms. The standard InChI is InChI=1S/C20H28N2O2/c1-14-10-9-13-17(15(14)2)19(24)22(20(3,4)5)21-18(23)16-11-7-6-8-12-16/h6-7,9-10,13,16H,8,11-12H2,1-5H3,(H,21,23). The number of amides is 2. The molecule has 0 aromatic heterocycles. The first-order valence-corrected chi connectivity index (χ1v) is 8.58. The number of nitrogens with one attached hydrogen (secondary N) is 1. The van der Waals surface area contributed by atoms with Gasteiger partial charge < -0.3 is 0 Å².